The predicted molar refractivity (Wildman–Crippen MR) is 235 cm³/mol. The molecule has 328 valence electrons. The monoisotopic (exact) mass is 822 g/mol. The SMILES string of the molecule is CC/C=C\C/C=C\C/C=C\C/C=C\C/C=C\CCCCOCC(COP(=O)(O)OCC(N)C(=O)O)OC(=O)CCCCCCCCC/C=C\CCCCCCCC. The standard InChI is InChI=1S/C46H80NO9P/c1-3-5-7-9-11-13-15-17-19-21-23-25-27-29-31-33-35-37-39-53-40-43(41-54-57(51,52)55-42-44(47)46(49)50)56-45(48)38-36-34-32-30-28-26-24-22-20-18-16-14-12-10-8-6-4-2/h5,7,11,13,17-20,23,25,29,31,43-44H,3-4,6,8-10,12,14-16,21-22,24,26-28,30,32-42,47H2,1-2H3,(H,49,50)(H,51,52)/b7-5-,13-11-,19-17-,20-18-,25-23-,31-29-. The van der Waals surface area contributed by atoms with E-state index in [1.54, 1.807) is 0 Å². The van der Waals surface area contributed by atoms with Gasteiger partial charge in [-0.05, 0) is 83.5 Å². The molecule has 0 aromatic carbocycles. The highest BCUT2D eigenvalue weighted by atomic mass is 31.2. The zero-order chi connectivity index (χ0) is 41.9. The second-order valence-corrected chi connectivity index (χ2v) is 15.9. The first-order valence-corrected chi connectivity index (χ1v) is 23.5. The zero-order valence-electron chi connectivity index (χ0n) is 35.7. The molecule has 0 heterocycles. The molecule has 0 saturated heterocycles. The fourth-order valence-electron chi connectivity index (χ4n) is 5.56. The Balaban J connectivity index is 4.34. The van der Waals surface area contributed by atoms with Crippen LogP contribution < -0.4 is 5.73 Å². The molecule has 0 aliphatic carbocycles. The number of esters is 1. The van der Waals surface area contributed by atoms with Crippen molar-refractivity contribution in [3.63, 3.8) is 0 Å². The van der Waals surface area contributed by atoms with Crippen molar-refractivity contribution >= 4 is 19.8 Å². The van der Waals surface area contributed by atoms with Gasteiger partial charge in [0.2, 0.25) is 0 Å². The molecule has 0 fully saturated rings. The van der Waals surface area contributed by atoms with Crippen LogP contribution in [0.15, 0.2) is 72.9 Å². The van der Waals surface area contributed by atoms with Gasteiger partial charge < -0.3 is 25.2 Å². The number of hydrogen-bond donors (Lipinski definition) is 3. The highest BCUT2D eigenvalue weighted by Crippen LogP contribution is 2.43. The Kier molecular flexibility index (Phi) is 39.7. The molecule has 0 spiro atoms. The highest BCUT2D eigenvalue weighted by molar-refractivity contribution is 7.47. The topological polar surface area (TPSA) is 155 Å². The molecule has 0 saturated carbocycles. The van der Waals surface area contributed by atoms with Crippen molar-refractivity contribution in [2.24, 2.45) is 5.73 Å². The lowest BCUT2D eigenvalue weighted by Gasteiger charge is -2.20. The lowest BCUT2D eigenvalue weighted by molar-refractivity contribution is -0.154. The van der Waals surface area contributed by atoms with Gasteiger partial charge in [-0.15, -0.1) is 0 Å². The number of hydrogen-bond acceptors (Lipinski definition) is 8. The number of allylic oxidation sites excluding steroid dienone is 12. The van der Waals surface area contributed by atoms with Gasteiger partial charge in [-0.1, -0.05) is 151 Å². The summed E-state index contributed by atoms with van der Waals surface area (Å²) in [5, 5.41) is 8.90. The van der Waals surface area contributed by atoms with E-state index < -0.39 is 45.1 Å². The summed E-state index contributed by atoms with van der Waals surface area (Å²) in [6, 6.07) is -1.48. The van der Waals surface area contributed by atoms with E-state index in [1.165, 1.54) is 64.2 Å². The smallest absolute Gasteiger partial charge is 0.472 e. The summed E-state index contributed by atoms with van der Waals surface area (Å²) in [7, 11) is -4.63. The first-order chi connectivity index (χ1) is 27.7. The van der Waals surface area contributed by atoms with Crippen molar-refractivity contribution in [1.82, 2.24) is 0 Å². The molecular formula is C46H80NO9P. The van der Waals surface area contributed by atoms with Gasteiger partial charge in [0.25, 0.3) is 0 Å². The maximum absolute atomic E-state index is 12.6. The molecule has 0 aliphatic heterocycles. The molecule has 0 amide bonds. The first-order valence-electron chi connectivity index (χ1n) is 22.0. The number of phosphoric acid groups is 1. The molecular weight excluding hydrogens is 741 g/mol. The van der Waals surface area contributed by atoms with Crippen LogP contribution in [0.1, 0.15) is 168 Å². The molecule has 0 aliphatic rings. The molecule has 0 radical (unpaired) electrons. The first kappa shape index (κ1) is 54.4. The third kappa shape index (κ3) is 41.4. The predicted octanol–water partition coefficient (Wildman–Crippen LogP) is 12.2. The van der Waals surface area contributed by atoms with E-state index in [-0.39, 0.29) is 13.0 Å². The van der Waals surface area contributed by atoms with Gasteiger partial charge in [0.1, 0.15) is 12.1 Å². The van der Waals surface area contributed by atoms with Crippen LogP contribution in [0.4, 0.5) is 0 Å². The quantitative estimate of drug-likeness (QED) is 0.0235. The van der Waals surface area contributed by atoms with E-state index >= 15 is 0 Å². The van der Waals surface area contributed by atoms with E-state index in [4.69, 9.17) is 29.4 Å². The number of carboxylic acid groups (broad SMARTS) is 1. The Hall–Kier alpha value is -2.59. The Morgan fingerprint density at radius 1 is 0.579 bits per heavy atom. The number of rotatable bonds is 41. The van der Waals surface area contributed by atoms with E-state index in [2.05, 4.69) is 86.8 Å². The van der Waals surface area contributed by atoms with Gasteiger partial charge >= 0.3 is 19.8 Å². The summed E-state index contributed by atoms with van der Waals surface area (Å²) in [6.45, 7) is 3.64. The van der Waals surface area contributed by atoms with Crippen LogP contribution in [-0.4, -0.2) is 60.5 Å². The summed E-state index contributed by atoms with van der Waals surface area (Å²) in [5.74, 6) is -1.81. The Bertz CT molecular complexity index is 1180. The van der Waals surface area contributed by atoms with Crippen LogP contribution >= 0.6 is 7.82 Å². The molecule has 3 atom stereocenters. The van der Waals surface area contributed by atoms with E-state index in [1.807, 2.05) is 0 Å². The highest BCUT2D eigenvalue weighted by Gasteiger charge is 2.27. The van der Waals surface area contributed by atoms with E-state index in [0.717, 1.165) is 77.0 Å². The number of unbranched alkanes of at least 4 members (excludes halogenated alkanes) is 15. The Morgan fingerprint density at radius 3 is 1.54 bits per heavy atom. The van der Waals surface area contributed by atoms with Gasteiger partial charge in [0, 0.05) is 13.0 Å². The second kappa shape index (κ2) is 41.6. The average Bonchev–Trinajstić information content (AvgIpc) is 3.19. The van der Waals surface area contributed by atoms with Crippen molar-refractivity contribution in [3.8, 4) is 0 Å². The molecule has 0 rings (SSSR count). The lowest BCUT2D eigenvalue weighted by Crippen LogP contribution is -2.34. The van der Waals surface area contributed by atoms with Gasteiger partial charge in [-0.25, -0.2) is 4.57 Å². The molecule has 11 heteroatoms. The van der Waals surface area contributed by atoms with Gasteiger partial charge in [0.05, 0.1) is 19.8 Å². The molecule has 3 unspecified atom stereocenters. The lowest BCUT2D eigenvalue weighted by atomic mass is 10.1. The molecule has 0 aromatic rings. The largest absolute Gasteiger partial charge is 0.480 e. The minimum absolute atomic E-state index is 0.0176. The van der Waals surface area contributed by atoms with Crippen molar-refractivity contribution in [2.45, 2.75) is 180 Å². The number of carbonyl (C=O) groups is 2. The number of aliphatic carboxylic acids is 1. The van der Waals surface area contributed by atoms with Gasteiger partial charge in [-0.2, -0.15) is 0 Å². The second-order valence-electron chi connectivity index (χ2n) is 14.4. The molecule has 4 N–H and O–H groups in total. The number of nitrogens with two attached hydrogens (primary N) is 1. The molecule has 57 heavy (non-hydrogen) atoms. The summed E-state index contributed by atoms with van der Waals surface area (Å²) >= 11 is 0. The number of ether oxygens (including phenoxy) is 2. The van der Waals surface area contributed by atoms with Crippen LogP contribution in [-0.2, 0) is 32.7 Å². The minimum atomic E-state index is -4.63. The maximum atomic E-state index is 12.6. The molecule has 0 bridgehead atoms. The normalized spacial score (nSPS) is 14.6. The third-order valence-corrected chi connectivity index (χ3v) is 9.92. The maximum Gasteiger partial charge on any atom is 0.472 e. The van der Waals surface area contributed by atoms with Crippen LogP contribution in [0.5, 0.6) is 0 Å². The summed E-state index contributed by atoms with van der Waals surface area (Å²) in [5.41, 5.74) is 5.35. The molecule has 10 nitrogen and oxygen atoms in total. The summed E-state index contributed by atoms with van der Waals surface area (Å²) in [6.07, 6.45) is 51.0. The van der Waals surface area contributed by atoms with Crippen LogP contribution in [0, 0.1) is 0 Å². The number of carbonyl (C=O) groups excluding carboxylic acids is 1. The Morgan fingerprint density at radius 2 is 1.02 bits per heavy atom. The van der Waals surface area contributed by atoms with Gasteiger partial charge in [0.15, 0.2) is 0 Å². The number of carboxylic acids is 1. The number of phosphoric ester groups is 1. The van der Waals surface area contributed by atoms with Crippen molar-refractivity contribution in [3.05, 3.63) is 72.9 Å². The van der Waals surface area contributed by atoms with Crippen molar-refractivity contribution < 1.29 is 42.7 Å². The van der Waals surface area contributed by atoms with Crippen molar-refractivity contribution in [2.75, 3.05) is 26.4 Å². The summed E-state index contributed by atoms with van der Waals surface area (Å²) in [4.78, 5) is 33.5. The fourth-order valence-corrected chi connectivity index (χ4v) is 6.34. The minimum Gasteiger partial charge on any atom is -0.480 e. The van der Waals surface area contributed by atoms with E-state index in [9.17, 15) is 19.0 Å². The van der Waals surface area contributed by atoms with E-state index in [0.29, 0.717) is 13.0 Å². The summed E-state index contributed by atoms with van der Waals surface area (Å²) < 4.78 is 33.3. The third-order valence-electron chi connectivity index (χ3n) is 8.97. The van der Waals surface area contributed by atoms with Crippen molar-refractivity contribution in [1.29, 1.82) is 0 Å². The molecule has 0 aromatic heterocycles. The zero-order valence-corrected chi connectivity index (χ0v) is 36.6. The fraction of sp³-hybridized carbons (Fsp3) is 0.696. The van der Waals surface area contributed by atoms with Crippen LogP contribution in [0.3, 0.4) is 0 Å². The van der Waals surface area contributed by atoms with Crippen LogP contribution in [0.2, 0.25) is 0 Å². The van der Waals surface area contributed by atoms with Gasteiger partial charge in [-0.3, -0.25) is 18.6 Å². The average molecular weight is 822 g/mol. The Labute approximate surface area is 346 Å². The van der Waals surface area contributed by atoms with Crippen LogP contribution in [0.25, 0.3) is 0 Å².